The van der Waals surface area contributed by atoms with E-state index in [2.05, 4.69) is 20.8 Å². The maximum absolute atomic E-state index is 13.3. The molecule has 1 amide bonds. The van der Waals surface area contributed by atoms with Crippen LogP contribution in [0.4, 0.5) is 13.2 Å². The highest BCUT2D eigenvalue weighted by Crippen LogP contribution is 2.39. The van der Waals surface area contributed by atoms with Crippen molar-refractivity contribution in [3.8, 4) is 16.8 Å². The maximum atomic E-state index is 13.3. The highest BCUT2D eigenvalue weighted by Gasteiger charge is 2.37. The summed E-state index contributed by atoms with van der Waals surface area (Å²) in [6.45, 7) is -0.439. The van der Waals surface area contributed by atoms with Crippen molar-refractivity contribution >= 4 is 17.5 Å². The molecule has 1 saturated carbocycles. The number of nitrogens with one attached hydrogen (secondary N) is 1. The number of alkyl halides is 3. The van der Waals surface area contributed by atoms with E-state index in [1.165, 1.54) is 10.7 Å². The van der Waals surface area contributed by atoms with Crippen LogP contribution in [0.25, 0.3) is 16.8 Å². The Bertz CT molecular complexity index is 1100. The van der Waals surface area contributed by atoms with Crippen molar-refractivity contribution in [2.45, 2.75) is 37.6 Å². The third-order valence-corrected chi connectivity index (χ3v) is 5.45. The van der Waals surface area contributed by atoms with Crippen molar-refractivity contribution in [1.82, 2.24) is 25.5 Å². The second-order valence-corrected chi connectivity index (χ2v) is 8.24. The van der Waals surface area contributed by atoms with Crippen molar-refractivity contribution in [3.63, 3.8) is 0 Å². The van der Waals surface area contributed by atoms with E-state index in [9.17, 15) is 18.0 Å². The number of carbonyl (C=O) groups excluding carboxylic acids is 1. The molecule has 1 unspecified atom stereocenters. The zero-order valence-electron chi connectivity index (χ0n) is 16.5. The lowest BCUT2D eigenvalue weighted by Crippen LogP contribution is -2.53. The van der Waals surface area contributed by atoms with E-state index in [1.54, 1.807) is 36.4 Å². The quantitative estimate of drug-likeness (QED) is 0.573. The van der Waals surface area contributed by atoms with Crippen LogP contribution < -0.4 is 5.32 Å². The fourth-order valence-corrected chi connectivity index (χ4v) is 3.25. The minimum absolute atomic E-state index is 0.0834. The molecule has 1 aliphatic carbocycles. The van der Waals surface area contributed by atoms with Crippen molar-refractivity contribution < 1.29 is 18.0 Å². The Morgan fingerprint density at radius 3 is 2.55 bits per heavy atom. The number of rotatable bonds is 7. The van der Waals surface area contributed by atoms with Crippen LogP contribution in [0.5, 0.6) is 0 Å². The summed E-state index contributed by atoms with van der Waals surface area (Å²) in [6, 6.07) is 11.8. The van der Waals surface area contributed by atoms with Gasteiger partial charge in [-0.25, -0.2) is 13.2 Å². The van der Waals surface area contributed by atoms with Gasteiger partial charge in [0.1, 0.15) is 12.2 Å². The van der Waals surface area contributed by atoms with Crippen LogP contribution >= 0.6 is 11.6 Å². The summed E-state index contributed by atoms with van der Waals surface area (Å²) in [4.78, 5) is 12.8. The molecule has 1 atom stereocenters. The van der Waals surface area contributed by atoms with Gasteiger partial charge in [0.15, 0.2) is 5.82 Å². The summed E-state index contributed by atoms with van der Waals surface area (Å²) >= 11 is 5.97. The minimum atomic E-state index is -3.07. The molecule has 10 heteroatoms. The SMILES string of the molecule is CC(CF)(NC(=O)c1cc(-c2ccc(Cl)cc2)cc(-n2nnnc2C2CC2)c1)C(F)F. The first-order chi connectivity index (χ1) is 14.8. The normalized spacial score (nSPS) is 15.7. The van der Waals surface area contributed by atoms with Gasteiger partial charge >= 0.3 is 0 Å². The molecule has 1 aromatic heterocycles. The molecule has 0 saturated heterocycles. The molecule has 1 N–H and O–H groups in total. The Morgan fingerprint density at radius 2 is 1.94 bits per heavy atom. The molecule has 2 aromatic carbocycles. The number of aromatic nitrogens is 4. The van der Waals surface area contributed by atoms with Crippen LogP contribution in [0.1, 0.15) is 41.9 Å². The molecule has 1 aliphatic rings. The lowest BCUT2D eigenvalue weighted by molar-refractivity contribution is 0.0239. The molecule has 31 heavy (non-hydrogen) atoms. The summed E-state index contributed by atoms with van der Waals surface area (Å²) in [5.41, 5.74) is -0.316. The lowest BCUT2D eigenvalue weighted by Gasteiger charge is -2.26. The molecule has 0 bridgehead atoms. The Labute approximate surface area is 181 Å². The number of nitrogens with zero attached hydrogens (tertiary/aromatic N) is 4. The number of hydrogen-bond donors (Lipinski definition) is 1. The molecule has 0 spiro atoms. The molecule has 6 nitrogen and oxygen atoms in total. The van der Waals surface area contributed by atoms with Gasteiger partial charge in [0.25, 0.3) is 12.3 Å². The summed E-state index contributed by atoms with van der Waals surface area (Å²) in [7, 11) is 0. The van der Waals surface area contributed by atoms with Gasteiger partial charge in [0.05, 0.1) is 5.69 Å². The average Bonchev–Trinajstić information content (AvgIpc) is 3.49. The van der Waals surface area contributed by atoms with Crippen LogP contribution in [0, 0.1) is 0 Å². The van der Waals surface area contributed by atoms with E-state index >= 15 is 0 Å². The van der Waals surface area contributed by atoms with E-state index in [1.807, 2.05) is 0 Å². The summed E-state index contributed by atoms with van der Waals surface area (Å²) in [5, 5.41) is 14.5. The van der Waals surface area contributed by atoms with Crippen LogP contribution in [-0.4, -0.2) is 44.8 Å². The molecule has 162 valence electrons. The highest BCUT2D eigenvalue weighted by molar-refractivity contribution is 6.30. The Morgan fingerprint density at radius 1 is 1.23 bits per heavy atom. The number of carbonyl (C=O) groups is 1. The fourth-order valence-electron chi connectivity index (χ4n) is 3.13. The second-order valence-electron chi connectivity index (χ2n) is 7.80. The molecular weight excluding hydrogens is 431 g/mol. The molecule has 0 aliphatic heterocycles. The van der Waals surface area contributed by atoms with Gasteiger partial charge in [-0.1, -0.05) is 23.7 Å². The third-order valence-electron chi connectivity index (χ3n) is 5.20. The van der Waals surface area contributed by atoms with Crippen molar-refractivity contribution in [1.29, 1.82) is 0 Å². The van der Waals surface area contributed by atoms with Gasteiger partial charge in [0.2, 0.25) is 0 Å². The molecule has 0 radical (unpaired) electrons. The molecule has 1 fully saturated rings. The summed E-state index contributed by atoms with van der Waals surface area (Å²) in [5.74, 6) is 0.0829. The van der Waals surface area contributed by atoms with Crippen LogP contribution in [0.3, 0.4) is 0 Å². The first kappa shape index (κ1) is 21.3. The zero-order valence-corrected chi connectivity index (χ0v) is 17.3. The van der Waals surface area contributed by atoms with Crippen LogP contribution in [0.2, 0.25) is 5.02 Å². The van der Waals surface area contributed by atoms with Crippen LogP contribution in [-0.2, 0) is 0 Å². The summed E-state index contributed by atoms with van der Waals surface area (Å²) < 4.78 is 41.4. The molecule has 1 heterocycles. The Balaban J connectivity index is 1.79. The number of halogens is 4. The number of hydrogen-bond acceptors (Lipinski definition) is 4. The predicted octanol–water partition coefficient (Wildman–Crippen LogP) is 4.58. The first-order valence-corrected chi connectivity index (χ1v) is 10.0. The van der Waals surface area contributed by atoms with E-state index in [0.29, 0.717) is 22.1 Å². The van der Waals surface area contributed by atoms with Crippen molar-refractivity contribution in [2.24, 2.45) is 0 Å². The van der Waals surface area contributed by atoms with Gasteiger partial charge in [-0.05, 0) is 71.7 Å². The van der Waals surface area contributed by atoms with E-state index in [0.717, 1.165) is 25.3 Å². The van der Waals surface area contributed by atoms with E-state index in [4.69, 9.17) is 11.6 Å². The standard InChI is InChI=1S/C21H19ClF3N5O/c1-21(11-23,20(24)25)26-19(31)15-8-14(12-4-6-16(22)7-5-12)9-17(10-15)30-18(13-2-3-13)27-28-29-30/h4-10,13,20H,2-3,11H2,1H3,(H,26,31). The largest absolute Gasteiger partial charge is 0.339 e. The van der Waals surface area contributed by atoms with Gasteiger partial charge < -0.3 is 5.32 Å². The molecule has 4 rings (SSSR count). The van der Waals surface area contributed by atoms with Gasteiger partial charge in [-0.15, -0.1) is 5.10 Å². The molecular formula is C21H19ClF3N5O. The topological polar surface area (TPSA) is 72.7 Å². The van der Waals surface area contributed by atoms with Crippen LogP contribution in [0.15, 0.2) is 42.5 Å². The number of amides is 1. The zero-order chi connectivity index (χ0) is 22.2. The average molecular weight is 450 g/mol. The number of benzene rings is 2. The highest BCUT2D eigenvalue weighted by atomic mass is 35.5. The van der Waals surface area contributed by atoms with Gasteiger partial charge in [0, 0.05) is 16.5 Å². The van der Waals surface area contributed by atoms with Gasteiger partial charge in [-0.3, -0.25) is 4.79 Å². The first-order valence-electron chi connectivity index (χ1n) is 9.67. The maximum Gasteiger partial charge on any atom is 0.263 e. The number of tetrazole rings is 1. The predicted molar refractivity (Wildman–Crippen MR) is 109 cm³/mol. The van der Waals surface area contributed by atoms with Crippen molar-refractivity contribution in [2.75, 3.05) is 6.67 Å². The summed E-state index contributed by atoms with van der Waals surface area (Å²) in [6.07, 6.45) is -1.14. The second kappa shape index (κ2) is 8.30. The van der Waals surface area contributed by atoms with Gasteiger partial charge in [-0.2, -0.15) is 4.68 Å². The third kappa shape index (κ3) is 4.41. The van der Waals surface area contributed by atoms with E-state index < -0.39 is 24.5 Å². The fraction of sp³-hybridized carbons (Fsp3) is 0.333. The van der Waals surface area contributed by atoms with Crippen molar-refractivity contribution in [3.05, 3.63) is 58.9 Å². The smallest absolute Gasteiger partial charge is 0.263 e. The van der Waals surface area contributed by atoms with E-state index in [-0.39, 0.29) is 11.5 Å². The minimum Gasteiger partial charge on any atom is -0.339 e. The monoisotopic (exact) mass is 449 g/mol. The Hall–Kier alpha value is -2.94. The Kier molecular flexibility index (Phi) is 5.70. The lowest BCUT2D eigenvalue weighted by atomic mass is 10.00. The molecule has 3 aromatic rings.